The lowest BCUT2D eigenvalue weighted by Gasteiger charge is -2.36. The zero-order valence-electron chi connectivity index (χ0n) is 18.6. The van der Waals surface area contributed by atoms with E-state index in [1.165, 1.54) is 0 Å². The van der Waals surface area contributed by atoms with Gasteiger partial charge in [-0.3, -0.25) is 4.79 Å². The highest BCUT2D eigenvalue weighted by atomic mass is 32.2. The van der Waals surface area contributed by atoms with E-state index in [0.29, 0.717) is 18.9 Å². The Balaban J connectivity index is 1.80. The van der Waals surface area contributed by atoms with Crippen molar-refractivity contribution in [3.63, 3.8) is 0 Å². The van der Waals surface area contributed by atoms with Crippen LogP contribution in [-0.2, 0) is 20.9 Å². The van der Waals surface area contributed by atoms with Crippen LogP contribution in [0.4, 0.5) is 0 Å². The fraction of sp³-hybridized carbons (Fsp3) is 0.652. The molecule has 1 heterocycles. The highest BCUT2D eigenvalue weighted by Gasteiger charge is 2.37. The van der Waals surface area contributed by atoms with Gasteiger partial charge in [-0.1, -0.05) is 4.40 Å². The van der Waals surface area contributed by atoms with Gasteiger partial charge in [-0.15, -0.1) is 0 Å². The summed E-state index contributed by atoms with van der Waals surface area (Å²) in [6.07, 6.45) is 4.01. The Morgan fingerprint density at radius 3 is 2.57 bits per heavy atom. The topological polar surface area (TPSA) is 80.2 Å². The molecule has 0 aromatic heterocycles. The molecule has 1 aromatic rings. The maximum Gasteiger partial charge on any atom is 0.308 e. The summed E-state index contributed by atoms with van der Waals surface area (Å²) in [6.45, 7) is 8.04. The van der Waals surface area contributed by atoms with Crippen molar-refractivity contribution in [2.75, 3.05) is 13.7 Å². The minimum atomic E-state index is -1.34. The zero-order chi connectivity index (χ0) is 21.9. The first-order valence-corrected chi connectivity index (χ1v) is 11.8. The molecule has 0 amide bonds. The summed E-state index contributed by atoms with van der Waals surface area (Å²) in [6, 6.07) is 5.69. The van der Waals surface area contributed by atoms with Gasteiger partial charge in [0.05, 0.1) is 19.6 Å². The van der Waals surface area contributed by atoms with Crippen LogP contribution in [0.2, 0.25) is 0 Å². The number of ether oxygens (including phenoxy) is 3. The smallest absolute Gasteiger partial charge is 0.308 e. The number of benzene rings is 1. The Morgan fingerprint density at radius 1 is 1.27 bits per heavy atom. The molecule has 0 unspecified atom stereocenters. The van der Waals surface area contributed by atoms with Crippen LogP contribution in [0, 0.1) is 11.8 Å². The summed E-state index contributed by atoms with van der Waals surface area (Å²) in [5, 5.41) is 0. The summed E-state index contributed by atoms with van der Waals surface area (Å²) in [5.41, 5.74) is 1.70. The van der Waals surface area contributed by atoms with E-state index < -0.39 is 16.1 Å². The van der Waals surface area contributed by atoms with Crippen molar-refractivity contribution in [2.24, 2.45) is 16.2 Å². The molecular weight excluding hydrogens is 402 g/mol. The third kappa shape index (κ3) is 5.30. The molecule has 1 aliphatic heterocycles. The lowest BCUT2D eigenvalue weighted by Crippen LogP contribution is -2.38. The van der Waals surface area contributed by atoms with Crippen LogP contribution >= 0.6 is 0 Å². The van der Waals surface area contributed by atoms with E-state index in [1.807, 2.05) is 45.9 Å². The first kappa shape index (κ1) is 22.9. The van der Waals surface area contributed by atoms with Gasteiger partial charge in [-0.05, 0) is 71.4 Å². The number of fused-ring (bicyclic) bond motifs is 1. The maximum absolute atomic E-state index is 12.7. The van der Waals surface area contributed by atoms with Crippen LogP contribution in [-0.4, -0.2) is 40.8 Å². The summed E-state index contributed by atoms with van der Waals surface area (Å²) in [4.78, 5) is 12.1. The average molecular weight is 436 g/mol. The Hall–Kier alpha value is -1.73. The van der Waals surface area contributed by atoms with Gasteiger partial charge in [0.25, 0.3) is 0 Å². The molecule has 1 saturated carbocycles. The SMILES string of the molecule is CCOC(=O)C1CCC([C@H]2CC(=N[S@+]([O-])C(C)(C)C)c3ccc(OC)cc3O2)CC1. The molecule has 166 valence electrons. The Bertz CT molecular complexity index is 780. The predicted octanol–water partition coefficient (Wildman–Crippen LogP) is 4.47. The second-order valence-corrected chi connectivity index (χ2v) is 10.9. The van der Waals surface area contributed by atoms with E-state index in [-0.39, 0.29) is 18.0 Å². The van der Waals surface area contributed by atoms with Crippen molar-refractivity contribution in [3.05, 3.63) is 23.8 Å². The molecule has 0 radical (unpaired) electrons. The minimum absolute atomic E-state index is 0.0151. The normalized spacial score (nSPS) is 26.5. The number of esters is 1. The minimum Gasteiger partial charge on any atom is -0.591 e. The molecule has 1 aromatic carbocycles. The second-order valence-electron chi connectivity index (χ2n) is 8.99. The van der Waals surface area contributed by atoms with Gasteiger partial charge in [0.15, 0.2) is 0 Å². The van der Waals surface area contributed by atoms with Crippen molar-refractivity contribution < 1.29 is 23.6 Å². The molecular formula is C23H33NO5S. The standard InChI is InChI=1S/C23H33NO5S/c1-6-28-22(25)16-9-7-15(8-10-16)20-14-19(24-30(26)23(2,3)4)18-12-11-17(27-5)13-21(18)29-20/h11-13,15-16,20H,6-10,14H2,1-5H3/t15?,16?,20-,30-/m1/s1. The second kappa shape index (κ2) is 9.60. The average Bonchev–Trinajstić information content (AvgIpc) is 2.72. The van der Waals surface area contributed by atoms with E-state index in [9.17, 15) is 9.35 Å². The third-order valence-electron chi connectivity index (χ3n) is 5.81. The fourth-order valence-electron chi connectivity index (χ4n) is 4.04. The maximum atomic E-state index is 12.7. The quantitative estimate of drug-likeness (QED) is 0.504. The van der Waals surface area contributed by atoms with Crippen LogP contribution in [0.5, 0.6) is 11.5 Å². The van der Waals surface area contributed by atoms with Crippen LogP contribution in [0.1, 0.15) is 65.4 Å². The number of carbonyl (C=O) groups is 1. The highest BCUT2D eigenvalue weighted by Crippen LogP contribution is 2.40. The monoisotopic (exact) mass is 435 g/mol. The number of methoxy groups -OCH3 is 1. The number of nitrogens with zero attached hydrogens (tertiary/aromatic N) is 1. The van der Waals surface area contributed by atoms with Gasteiger partial charge in [0.1, 0.15) is 39.4 Å². The van der Waals surface area contributed by atoms with Crippen molar-refractivity contribution in [2.45, 2.75) is 70.7 Å². The molecule has 0 saturated heterocycles. The van der Waals surface area contributed by atoms with Gasteiger partial charge >= 0.3 is 5.97 Å². The predicted molar refractivity (Wildman–Crippen MR) is 119 cm³/mol. The zero-order valence-corrected chi connectivity index (χ0v) is 19.4. The largest absolute Gasteiger partial charge is 0.591 e. The van der Waals surface area contributed by atoms with E-state index in [0.717, 1.165) is 48.5 Å². The molecule has 2 aliphatic rings. The number of hydrogen-bond acceptors (Lipinski definition) is 6. The molecule has 3 rings (SSSR count). The van der Waals surface area contributed by atoms with Gasteiger partial charge in [-0.25, -0.2) is 0 Å². The summed E-state index contributed by atoms with van der Waals surface area (Å²) < 4.78 is 33.9. The number of carbonyl (C=O) groups excluding carboxylic acids is 1. The van der Waals surface area contributed by atoms with Crippen LogP contribution in [0.15, 0.2) is 22.6 Å². The lowest BCUT2D eigenvalue weighted by molar-refractivity contribution is -0.149. The van der Waals surface area contributed by atoms with Crippen LogP contribution in [0.3, 0.4) is 0 Å². The fourth-order valence-corrected chi connectivity index (χ4v) is 4.69. The van der Waals surface area contributed by atoms with E-state index in [1.54, 1.807) is 7.11 Å². The highest BCUT2D eigenvalue weighted by molar-refractivity contribution is 7.91. The summed E-state index contributed by atoms with van der Waals surface area (Å²) in [5.74, 6) is 1.67. The van der Waals surface area contributed by atoms with Crippen molar-refractivity contribution >= 4 is 23.0 Å². The molecule has 2 atom stereocenters. The van der Waals surface area contributed by atoms with Gasteiger partial charge in [0, 0.05) is 18.1 Å². The Labute approximate surface area is 182 Å². The van der Waals surface area contributed by atoms with E-state index in [4.69, 9.17) is 14.2 Å². The number of rotatable bonds is 5. The molecule has 30 heavy (non-hydrogen) atoms. The van der Waals surface area contributed by atoms with E-state index >= 15 is 0 Å². The van der Waals surface area contributed by atoms with Crippen LogP contribution in [0.25, 0.3) is 0 Å². The van der Waals surface area contributed by atoms with Gasteiger partial charge in [0.2, 0.25) is 0 Å². The third-order valence-corrected chi connectivity index (χ3v) is 7.24. The van der Waals surface area contributed by atoms with Gasteiger partial charge < -0.3 is 18.8 Å². The van der Waals surface area contributed by atoms with Crippen molar-refractivity contribution in [1.29, 1.82) is 0 Å². The molecule has 0 spiro atoms. The first-order chi connectivity index (χ1) is 14.2. The molecule has 6 nitrogen and oxygen atoms in total. The Kier molecular flexibility index (Phi) is 7.34. The summed E-state index contributed by atoms with van der Waals surface area (Å²) in [7, 11) is 1.63. The van der Waals surface area contributed by atoms with Crippen LogP contribution < -0.4 is 9.47 Å². The molecule has 1 aliphatic carbocycles. The molecule has 0 N–H and O–H groups in total. The van der Waals surface area contributed by atoms with Crippen molar-refractivity contribution in [3.8, 4) is 11.5 Å². The van der Waals surface area contributed by atoms with Gasteiger partial charge in [-0.2, -0.15) is 0 Å². The number of hydrogen-bond donors (Lipinski definition) is 0. The Morgan fingerprint density at radius 2 is 1.97 bits per heavy atom. The lowest BCUT2D eigenvalue weighted by atomic mass is 9.77. The van der Waals surface area contributed by atoms with Crippen molar-refractivity contribution in [1.82, 2.24) is 0 Å². The first-order valence-electron chi connectivity index (χ1n) is 10.7. The van der Waals surface area contributed by atoms with E-state index in [2.05, 4.69) is 4.40 Å². The molecule has 0 bridgehead atoms. The molecule has 1 fully saturated rings. The summed E-state index contributed by atoms with van der Waals surface area (Å²) >= 11 is -1.34. The molecule has 7 heteroatoms.